The second-order valence-electron chi connectivity index (χ2n) is 5.63. The number of fused-ring (bicyclic) bond motifs is 1. The topological polar surface area (TPSA) is 72.8 Å². The molecular weight excluding hydrogens is 296 g/mol. The van der Waals surface area contributed by atoms with Crippen LogP contribution >= 0.6 is 0 Å². The van der Waals surface area contributed by atoms with Crippen LogP contribution in [0, 0.1) is 0 Å². The van der Waals surface area contributed by atoms with Crippen LogP contribution in [0.15, 0.2) is 41.5 Å². The summed E-state index contributed by atoms with van der Waals surface area (Å²) in [5.41, 5.74) is 4.92. The standard InChI is InChI=1S/C18H20O5/c1-11(2)17(20)22-23-18(21)12(3)15-9-14-6-4-5-13(7-8-19)16(14)10-15/h4-6,19H,1,7-10H2,2-3H3/b15-12-. The van der Waals surface area contributed by atoms with E-state index < -0.39 is 11.9 Å². The van der Waals surface area contributed by atoms with Gasteiger partial charge in [-0.2, -0.15) is 0 Å². The predicted molar refractivity (Wildman–Crippen MR) is 84.3 cm³/mol. The summed E-state index contributed by atoms with van der Waals surface area (Å²) in [6.45, 7) is 6.63. The molecule has 1 aliphatic carbocycles. The normalized spacial score (nSPS) is 14.9. The van der Waals surface area contributed by atoms with Crippen molar-refractivity contribution in [3.63, 3.8) is 0 Å². The highest BCUT2D eigenvalue weighted by atomic mass is 17.2. The molecule has 1 aliphatic rings. The summed E-state index contributed by atoms with van der Waals surface area (Å²) >= 11 is 0. The molecule has 0 fully saturated rings. The van der Waals surface area contributed by atoms with Crippen molar-refractivity contribution in [2.24, 2.45) is 0 Å². The number of allylic oxidation sites excluding steroid dienone is 1. The van der Waals surface area contributed by atoms with Gasteiger partial charge in [0.1, 0.15) is 0 Å². The first-order chi connectivity index (χ1) is 10.9. The SMILES string of the molecule is C=C(C)C(=O)OOC(=O)/C(C)=C1/Cc2cccc(CCO)c2C1. The molecule has 1 aromatic carbocycles. The van der Waals surface area contributed by atoms with Crippen LogP contribution in [-0.2, 0) is 38.6 Å². The van der Waals surface area contributed by atoms with Crippen LogP contribution in [0.1, 0.15) is 30.5 Å². The van der Waals surface area contributed by atoms with E-state index in [-0.39, 0.29) is 12.2 Å². The van der Waals surface area contributed by atoms with Crippen LogP contribution in [-0.4, -0.2) is 23.7 Å². The first kappa shape index (κ1) is 17.0. The van der Waals surface area contributed by atoms with Crippen molar-refractivity contribution in [2.75, 3.05) is 6.61 Å². The van der Waals surface area contributed by atoms with Gasteiger partial charge in [-0.05, 0) is 49.8 Å². The lowest BCUT2D eigenvalue weighted by Gasteiger charge is -2.06. The molecule has 0 radical (unpaired) electrons. The van der Waals surface area contributed by atoms with Gasteiger partial charge in [-0.3, -0.25) is 0 Å². The van der Waals surface area contributed by atoms with Crippen molar-refractivity contribution >= 4 is 11.9 Å². The molecule has 1 aromatic rings. The summed E-state index contributed by atoms with van der Waals surface area (Å²) < 4.78 is 0. The number of carbonyl (C=O) groups excluding carboxylic acids is 2. The number of aliphatic hydroxyl groups is 1. The Morgan fingerprint density at radius 1 is 1.17 bits per heavy atom. The van der Waals surface area contributed by atoms with Gasteiger partial charge in [-0.1, -0.05) is 30.4 Å². The predicted octanol–water partition coefficient (Wildman–Crippen LogP) is 2.21. The van der Waals surface area contributed by atoms with Crippen LogP contribution in [0.4, 0.5) is 0 Å². The Morgan fingerprint density at radius 3 is 2.52 bits per heavy atom. The first-order valence-electron chi connectivity index (χ1n) is 7.41. The van der Waals surface area contributed by atoms with Crippen molar-refractivity contribution in [3.8, 4) is 0 Å². The van der Waals surface area contributed by atoms with Crippen molar-refractivity contribution in [1.29, 1.82) is 0 Å². The second kappa shape index (κ2) is 7.24. The zero-order valence-electron chi connectivity index (χ0n) is 13.3. The Labute approximate surface area is 135 Å². The van der Waals surface area contributed by atoms with E-state index in [2.05, 4.69) is 16.4 Å². The monoisotopic (exact) mass is 316 g/mol. The largest absolute Gasteiger partial charge is 0.396 e. The van der Waals surface area contributed by atoms with Gasteiger partial charge in [0.15, 0.2) is 0 Å². The van der Waals surface area contributed by atoms with Gasteiger partial charge >= 0.3 is 11.9 Å². The molecule has 0 saturated carbocycles. The van der Waals surface area contributed by atoms with Crippen LogP contribution in [0.3, 0.4) is 0 Å². The number of hydrogen-bond donors (Lipinski definition) is 1. The van der Waals surface area contributed by atoms with Gasteiger partial charge < -0.3 is 5.11 Å². The van der Waals surface area contributed by atoms with Crippen molar-refractivity contribution in [1.82, 2.24) is 0 Å². The highest BCUT2D eigenvalue weighted by Gasteiger charge is 2.23. The molecule has 0 saturated heterocycles. The number of carbonyl (C=O) groups is 2. The van der Waals surface area contributed by atoms with Gasteiger partial charge in [0.05, 0.1) is 0 Å². The van der Waals surface area contributed by atoms with Gasteiger partial charge in [0.2, 0.25) is 0 Å². The van der Waals surface area contributed by atoms with Gasteiger partial charge in [0, 0.05) is 17.8 Å². The van der Waals surface area contributed by atoms with Crippen molar-refractivity contribution in [3.05, 3.63) is 58.2 Å². The fourth-order valence-corrected chi connectivity index (χ4v) is 2.56. The number of aliphatic hydroxyl groups excluding tert-OH is 1. The molecule has 0 atom stereocenters. The lowest BCUT2D eigenvalue weighted by Crippen LogP contribution is -2.13. The molecule has 0 unspecified atom stereocenters. The molecular formula is C18H20O5. The lowest BCUT2D eigenvalue weighted by molar-refractivity contribution is -0.252. The Hall–Kier alpha value is -2.40. The molecule has 23 heavy (non-hydrogen) atoms. The van der Waals surface area contributed by atoms with E-state index >= 15 is 0 Å². The minimum atomic E-state index is -0.768. The van der Waals surface area contributed by atoms with Gasteiger partial charge in [-0.15, -0.1) is 0 Å². The quantitative estimate of drug-likeness (QED) is 0.524. The van der Waals surface area contributed by atoms with Gasteiger partial charge in [0.25, 0.3) is 0 Å². The fraction of sp³-hybridized carbons (Fsp3) is 0.333. The van der Waals surface area contributed by atoms with Crippen LogP contribution in [0.2, 0.25) is 0 Å². The summed E-state index contributed by atoms with van der Waals surface area (Å²) in [5, 5.41) is 9.14. The Bertz CT molecular complexity index is 685. The van der Waals surface area contributed by atoms with Crippen molar-refractivity contribution in [2.45, 2.75) is 33.1 Å². The van der Waals surface area contributed by atoms with Crippen LogP contribution in [0.5, 0.6) is 0 Å². The minimum absolute atomic E-state index is 0.0907. The maximum absolute atomic E-state index is 12.0. The summed E-state index contributed by atoms with van der Waals surface area (Å²) in [4.78, 5) is 32.2. The summed E-state index contributed by atoms with van der Waals surface area (Å²) in [6.07, 6.45) is 1.89. The van der Waals surface area contributed by atoms with E-state index in [1.54, 1.807) is 6.92 Å². The smallest absolute Gasteiger partial charge is 0.382 e. The molecule has 0 aliphatic heterocycles. The molecule has 0 bridgehead atoms. The Morgan fingerprint density at radius 2 is 1.87 bits per heavy atom. The Kier molecular flexibility index (Phi) is 5.34. The number of hydrogen-bond acceptors (Lipinski definition) is 5. The van der Waals surface area contributed by atoms with E-state index in [4.69, 9.17) is 5.11 Å². The molecule has 0 aromatic heterocycles. The molecule has 0 spiro atoms. The fourth-order valence-electron chi connectivity index (χ4n) is 2.56. The number of benzene rings is 1. The van der Waals surface area contributed by atoms with Crippen LogP contribution < -0.4 is 0 Å². The van der Waals surface area contributed by atoms with Crippen molar-refractivity contribution < 1.29 is 24.5 Å². The zero-order chi connectivity index (χ0) is 17.0. The molecule has 0 heterocycles. The van der Waals surface area contributed by atoms with Gasteiger partial charge in [-0.25, -0.2) is 19.4 Å². The van der Waals surface area contributed by atoms with Crippen LogP contribution in [0.25, 0.3) is 0 Å². The van der Waals surface area contributed by atoms with E-state index in [0.717, 1.165) is 22.3 Å². The third kappa shape index (κ3) is 3.87. The minimum Gasteiger partial charge on any atom is -0.396 e. The molecule has 0 amide bonds. The Balaban J connectivity index is 2.11. The maximum Gasteiger partial charge on any atom is 0.382 e. The highest BCUT2D eigenvalue weighted by Crippen LogP contribution is 2.31. The molecule has 2 rings (SSSR count). The van der Waals surface area contributed by atoms with E-state index in [0.29, 0.717) is 24.8 Å². The average molecular weight is 316 g/mol. The summed E-state index contributed by atoms with van der Waals surface area (Å²) in [6, 6.07) is 5.96. The molecule has 1 N–H and O–H groups in total. The first-order valence-corrected chi connectivity index (χ1v) is 7.41. The third-order valence-electron chi connectivity index (χ3n) is 3.92. The third-order valence-corrected chi connectivity index (χ3v) is 3.92. The highest BCUT2D eigenvalue weighted by molar-refractivity contribution is 5.91. The molecule has 5 nitrogen and oxygen atoms in total. The maximum atomic E-state index is 12.0. The molecule has 5 heteroatoms. The summed E-state index contributed by atoms with van der Waals surface area (Å²) in [7, 11) is 0. The zero-order valence-corrected chi connectivity index (χ0v) is 13.3. The average Bonchev–Trinajstić information content (AvgIpc) is 2.96. The second-order valence-corrected chi connectivity index (χ2v) is 5.63. The van der Waals surface area contributed by atoms with E-state index in [1.165, 1.54) is 6.92 Å². The summed E-state index contributed by atoms with van der Waals surface area (Å²) in [5.74, 6) is -1.44. The van der Waals surface area contributed by atoms with E-state index in [1.807, 2.05) is 18.2 Å². The van der Waals surface area contributed by atoms with E-state index in [9.17, 15) is 9.59 Å². The lowest BCUT2D eigenvalue weighted by atomic mass is 10.0. The number of rotatable bonds is 4. The molecule has 122 valence electrons.